The van der Waals surface area contributed by atoms with E-state index >= 15 is 0 Å². The second kappa shape index (κ2) is 5.38. The molecule has 1 aromatic rings. The van der Waals surface area contributed by atoms with E-state index < -0.39 is 31.0 Å². The van der Waals surface area contributed by atoms with Crippen molar-refractivity contribution in [1.82, 2.24) is 4.90 Å². The van der Waals surface area contributed by atoms with Crippen molar-refractivity contribution >= 4 is 23.2 Å². The van der Waals surface area contributed by atoms with Gasteiger partial charge in [0.05, 0.1) is 11.3 Å². The highest BCUT2D eigenvalue weighted by molar-refractivity contribution is 7.15. The molecule has 0 aliphatic heterocycles. The third-order valence-corrected chi connectivity index (χ3v) is 3.17. The average Bonchev–Trinajstić information content (AvgIpc) is 2.73. The van der Waals surface area contributed by atoms with E-state index in [4.69, 9.17) is 5.11 Å². The zero-order chi connectivity index (χ0) is 13.9. The molecule has 8 heteroatoms. The fourth-order valence-corrected chi connectivity index (χ4v) is 1.99. The molecule has 1 rings (SSSR count). The maximum Gasteiger partial charge on any atom is 0.390 e. The van der Waals surface area contributed by atoms with Crippen LogP contribution in [0.2, 0.25) is 0 Å². The van der Waals surface area contributed by atoms with Gasteiger partial charge in [-0.1, -0.05) is 0 Å². The highest BCUT2D eigenvalue weighted by Crippen LogP contribution is 2.21. The first-order chi connectivity index (χ1) is 8.20. The topological polar surface area (TPSA) is 57.6 Å². The van der Waals surface area contributed by atoms with Crippen LogP contribution >= 0.6 is 11.3 Å². The monoisotopic (exact) mass is 281 g/mol. The van der Waals surface area contributed by atoms with E-state index in [2.05, 4.69) is 0 Å². The lowest BCUT2D eigenvalue weighted by Gasteiger charge is -2.17. The molecule has 0 saturated carbocycles. The molecule has 18 heavy (non-hydrogen) atoms. The standard InChI is InChI=1S/C10H10F3NO3S/c1-14(5-4-10(11,12)13)8(15)6-2-3-7(18-6)9(16)17/h2-3H,4-5H2,1H3,(H,16,17). The number of thiophene rings is 1. The Morgan fingerprint density at radius 1 is 1.33 bits per heavy atom. The third-order valence-electron chi connectivity index (χ3n) is 2.10. The molecule has 0 fully saturated rings. The van der Waals surface area contributed by atoms with E-state index in [9.17, 15) is 22.8 Å². The maximum atomic E-state index is 12.0. The van der Waals surface area contributed by atoms with Gasteiger partial charge in [0.15, 0.2) is 0 Å². The Morgan fingerprint density at radius 2 is 1.89 bits per heavy atom. The zero-order valence-electron chi connectivity index (χ0n) is 9.32. The molecule has 0 aromatic carbocycles. The third kappa shape index (κ3) is 4.02. The molecule has 1 N–H and O–H groups in total. The van der Waals surface area contributed by atoms with E-state index in [0.717, 1.165) is 16.2 Å². The first-order valence-corrected chi connectivity index (χ1v) is 5.67. The number of halogens is 3. The molecule has 0 aliphatic carbocycles. The molecule has 1 amide bonds. The number of alkyl halides is 3. The number of carboxylic acid groups (broad SMARTS) is 1. The summed E-state index contributed by atoms with van der Waals surface area (Å²) in [6, 6.07) is 2.54. The fraction of sp³-hybridized carbons (Fsp3) is 0.400. The smallest absolute Gasteiger partial charge is 0.390 e. The number of hydrogen-bond donors (Lipinski definition) is 1. The summed E-state index contributed by atoms with van der Waals surface area (Å²) in [5.41, 5.74) is 0. The Labute approximate surface area is 105 Å². The summed E-state index contributed by atoms with van der Waals surface area (Å²) in [5.74, 6) is -1.78. The molecule has 1 aromatic heterocycles. The molecule has 4 nitrogen and oxygen atoms in total. The number of rotatable bonds is 4. The van der Waals surface area contributed by atoms with Crippen LogP contribution in [0.4, 0.5) is 13.2 Å². The van der Waals surface area contributed by atoms with Crippen molar-refractivity contribution in [2.45, 2.75) is 12.6 Å². The zero-order valence-corrected chi connectivity index (χ0v) is 10.1. The Hall–Kier alpha value is -1.57. The van der Waals surface area contributed by atoms with E-state index in [0.29, 0.717) is 0 Å². The van der Waals surface area contributed by atoms with E-state index in [1.165, 1.54) is 19.2 Å². The van der Waals surface area contributed by atoms with Crippen LogP contribution in [0.5, 0.6) is 0 Å². The normalized spacial score (nSPS) is 11.3. The molecule has 100 valence electrons. The largest absolute Gasteiger partial charge is 0.477 e. The molecule has 0 atom stereocenters. The van der Waals surface area contributed by atoms with Crippen LogP contribution in [0.15, 0.2) is 12.1 Å². The second-order valence-corrected chi connectivity index (χ2v) is 4.64. The molecule has 0 spiro atoms. The molecular formula is C10H10F3NO3S. The number of aromatic carboxylic acids is 1. The summed E-state index contributed by atoms with van der Waals surface area (Å²) < 4.78 is 35.9. The summed E-state index contributed by atoms with van der Waals surface area (Å²) in [4.78, 5) is 23.3. The van der Waals surface area contributed by atoms with Gasteiger partial charge < -0.3 is 10.0 Å². The van der Waals surface area contributed by atoms with E-state index in [-0.39, 0.29) is 9.75 Å². The van der Waals surface area contributed by atoms with Crippen LogP contribution in [0, 0.1) is 0 Å². The Balaban J connectivity index is 2.65. The van der Waals surface area contributed by atoms with Crippen LogP contribution < -0.4 is 0 Å². The second-order valence-electron chi connectivity index (χ2n) is 3.56. The first kappa shape index (κ1) is 14.5. The van der Waals surface area contributed by atoms with Crippen molar-refractivity contribution in [3.05, 3.63) is 21.9 Å². The van der Waals surface area contributed by atoms with Crippen LogP contribution in [0.25, 0.3) is 0 Å². The SMILES string of the molecule is CN(CCC(F)(F)F)C(=O)c1ccc(C(=O)O)s1. The van der Waals surface area contributed by atoms with Crippen molar-refractivity contribution in [3.63, 3.8) is 0 Å². The van der Waals surface area contributed by atoms with Gasteiger partial charge in [0.25, 0.3) is 5.91 Å². The summed E-state index contributed by atoms with van der Waals surface area (Å²) in [6.07, 6.45) is -5.41. The van der Waals surface area contributed by atoms with Gasteiger partial charge >= 0.3 is 12.1 Å². The van der Waals surface area contributed by atoms with Crippen molar-refractivity contribution in [2.24, 2.45) is 0 Å². The minimum absolute atomic E-state index is 0.0254. The van der Waals surface area contributed by atoms with Crippen molar-refractivity contribution in [2.75, 3.05) is 13.6 Å². The average molecular weight is 281 g/mol. The van der Waals surface area contributed by atoms with Crippen molar-refractivity contribution in [3.8, 4) is 0 Å². The fourth-order valence-electron chi connectivity index (χ4n) is 1.15. The van der Waals surface area contributed by atoms with Gasteiger partial charge in [0.1, 0.15) is 4.88 Å². The predicted octanol–water partition coefficient (Wildman–Crippen LogP) is 2.47. The van der Waals surface area contributed by atoms with Gasteiger partial charge in [-0.15, -0.1) is 11.3 Å². The number of nitrogens with zero attached hydrogens (tertiary/aromatic N) is 1. The van der Waals surface area contributed by atoms with Gasteiger partial charge in [0, 0.05) is 13.6 Å². The summed E-state index contributed by atoms with van der Waals surface area (Å²) in [7, 11) is 1.24. The number of carboxylic acids is 1. The van der Waals surface area contributed by atoms with Crippen LogP contribution in [0.3, 0.4) is 0 Å². The molecule has 0 bridgehead atoms. The molecular weight excluding hydrogens is 271 g/mol. The minimum atomic E-state index is -4.32. The molecule has 0 aliphatic rings. The van der Waals surface area contributed by atoms with Crippen LogP contribution in [-0.2, 0) is 0 Å². The summed E-state index contributed by atoms with van der Waals surface area (Å²) >= 11 is 0.739. The van der Waals surface area contributed by atoms with Gasteiger partial charge in [-0.25, -0.2) is 4.79 Å². The molecule has 0 unspecified atom stereocenters. The van der Waals surface area contributed by atoms with Crippen molar-refractivity contribution < 1.29 is 27.9 Å². The minimum Gasteiger partial charge on any atom is -0.477 e. The lowest BCUT2D eigenvalue weighted by Crippen LogP contribution is -2.30. The van der Waals surface area contributed by atoms with E-state index in [1.807, 2.05) is 0 Å². The number of amides is 1. The van der Waals surface area contributed by atoms with Gasteiger partial charge in [-0.3, -0.25) is 4.79 Å². The highest BCUT2D eigenvalue weighted by Gasteiger charge is 2.28. The number of carbonyl (C=O) groups is 2. The Bertz CT molecular complexity index is 455. The van der Waals surface area contributed by atoms with E-state index in [1.54, 1.807) is 0 Å². The number of hydrogen-bond acceptors (Lipinski definition) is 3. The number of carbonyl (C=O) groups excluding carboxylic acids is 1. The molecule has 0 radical (unpaired) electrons. The predicted molar refractivity (Wildman–Crippen MR) is 58.9 cm³/mol. The van der Waals surface area contributed by atoms with Crippen molar-refractivity contribution in [1.29, 1.82) is 0 Å². The van der Waals surface area contributed by atoms with Gasteiger partial charge in [0.2, 0.25) is 0 Å². The maximum absolute atomic E-state index is 12.0. The van der Waals surface area contributed by atoms with Gasteiger partial charge in [-0.2, -0.15) is 13.2 Å². The van der Waals surface area contributed by atoms with Crippen LogP contribution in [0.1, 0.15) is 25.8 Å². The molecule has 0 saturated heterocycles. The lowest BCUT2D eigenvalue weighted by molar-refractivity contribution is -0.136. The highest BCUT2D eigenvalue weighted by atomic mass is 32.1. The summed E-state index contributed by atoms with van der Waals surface area (Å²) in [5, 5.41) is 8.67. The Morgan fingerprint density at radius 3 is 2.33 bits per heavy atom. The first-order valence-electron chi connectivity index (χ1n) is 4.86. The summed E-state index contributed by atoms with van der Waals surface area (Å²) in [6.45, 7) is -0.456. The Kier molecular flexibility index (Phi) is 4.33. The lowest BCUT2D eigenvalue weighted by atomic mass is 10.3. The van der Waals surface area contributed by atoms with Crippen LogP contribution in [-0.4, -0.2) is 41.7 Å². The van der Waals surface area contributed by atoms with Gasteiger partial charge in [-0.05, 0) is 12.1 Å². The quantitative estimate of drug-likeness (QED) is 0.922. The molecule has 1 heterocycles.